The van der Waals surface area contributed by atoms with Crippen LogP contribution in [0.15, 0.2) is 27.9 Å². The van der Waals surface area contributed by atoms with E-state index in [1.807, 2.05) is 25.1 Å². The van der Waals surface area contributed by atoms with E-state index in [1.165, 1.54) is 24.6 Å². The highest BCUT2D eigenvalue weighted by atomic mass is 32.2. The van der Waals surface area contributed by atoms with Crippen LogP contribution in [-0.2, 0) is 17.8 Å². The fourth-order valence-corrected chi connectivity index (χ4v) is 6.14. The number of nitriles is 1. The first-order chi connectivity index (χ1) is 19.8. The van der Waals surface area contributed by atoms with Crippen molar-refractivity contribution in [3.05, 3.63) is 55.7 Å². The van der Waals surface area contributed by atoms with Crippen LogP contribution in [0.25, 0.3) is 6.08 Å². The van der Waals surface area contributed by atoms with Gasteiger partial charge in [-0.05, 0) is 55.5 Å². The van der Waals surface area contributed by atoms with Gasteiger partial charge in [-0.25, -0.2) is 0 Å². The van der Waals surface area contributed by atoms with Crippen molar-refractivity contribution >= 4 is 46.1 Å². The Morgan fingerprint density at radius 1 is 1.05 bits per heavy atom. The molecule has 10 heteroatoms. The van der Waals surface area contributed by atoms with Gasteiger partial charge in [0.25, 0.3) is 11.5 Å². The molecule has 0 saturated carbocycles. The second-order valence-electron chi connectivity index (χ2n) is 9.94. The van der Waals surface area contributed by atoms with Crippen LogP contribution >= 0.6 is 24.0 Å². The van der Waals surface area contributed by atoms with E-state index < -0.39 is 0 Å². The van der Waals surface area contributed by atoms with Crippen LogP contribution in [0.5, 0.6) is 11.5 Å². The van der Waals surface area contributed by atoms with E-state index in [0.717, 1.165) is 24.8 Å². The van der Waals surface area contributed by atoms with E-state index in [-0.39, 0.29) is 17.0 Å². The van der Waals surface area contributed by atoms with Gasteiger partial charge in [-0.3, -0.25) is 19.1 Å². The molecule has 1 saturated heterocycles. The van der Waals surface area contributed by atoms with Crippen LogP contribution < -0.4 is 20.3 Å². The lowest BCUT2D eigenvalue weighted by Gasteiger charge is -2.20. The molecule has 3 rings (SSSR count). The van der Waals surface area contributed by atoms with Crippen LogP contribution in [0.2, 0.25) is 0 Å². The molecule has 8 nitrogen and oxygen atoms in total. The predicted octanol–water partition coefficient (Wildman–Crippen LogP) is 6.28. The summed E-state index contributed by atoms with van der Waals surface area (Å²) < 4.78 is 12.9. The highest BCUT2D eigenvalue weighted by Gasteiger charge is 2.32. The summed E-state index contributed by atoms with van der Waals surface area (Å²) in [6, 6.07) is 7.86. The third kappa shape index (κ3) is 7.72. The molecule has 0 unspecified atom stereocenters. The summed E-state index contributed by atoms with van der Waals surface area (Å²) in [5.41, 5.74) is 1.98. The van der Waals surface area contributed by atoms with Crippen molar-refractivity contribution in [1.29, 1.82) is 5.26 Å². The Bertz CT molecular complexity index is 1390. The Balaban J connectivity index is 1.94. The lowest BCUT2D eigenvalue weighted by molar-refractivity contribution is -0.122. The molecule has 1 N–H and O–H groups in total. The quantitative estimate of drug-likeness (QED) is 0.146. The zero-order valence-corrected chi connectivity index (χ0v) is 26.3. The van der Waals surface area contributed by atoms with Gasteiger partial charge in [0.05, 0.1) is 19.1 Å². The fourth-order valence-electron chi connectivity index (χ4n) is 4.85. The number of unbranched alkanes of at least 4 members (excludes halogenated alkanes) is 4. The molecule has 2 aromatic rings. The summed E-state index contributed by atoms with van der Waals surface area (Å²) in [5, 5.41) is 13.3. The standard InChI is InChI=1S/C31H40N4O4S2/c1-6-8-9-10-11-17-35-30(37)27(41-31(35)40)19-23-21(3)24(20-32)29(36)34(16-7-2)28(23)33-15-14-22-12-13-25(38-4)26(18-22)39-5/h12-13,18-19,33H,6-11,14-17H2,1-5H3/b27-19+. The van der Waals surface area contributed by atoms with Crippen LogP contribution in [0.4, 0.5) is 5.82 Å². The van der Waals surface area contributed by atoms with Crippen molar-refractivity contribution < 1.29 is 14.3 Å². The largest absolute Gasteiger partial charge is 0.493 e. The molecule has 0 radical (unpaired) electrons. The molecule has 1 aliphatic heterocycles. The minimum Gasteiger partial charge on any atom is -0.493 e. The van der Waals surface area contributed by atoms with Gasteiger partial charge in [0, 0.05) is 25.2 Å². The van der Waals surface area contributed by atoms with Gasteiger partial charge in [0.15, 0.2) is 11.5 Å². The second kappa shape index (κ2) is 15.6. The Morgan fingerprint density at radius 3 is 2.44 bits per heavy atom. The highest BCUT2D eigenvalue weighted by Crippen LogP contribution is 2.35. The van der Waals surface area contributed by atoms with E-state index >= 15 is 0 Å². The molecule has 0 atom stereocenters. The van der Waals surface area contributed by atoms with E-state index in [2.05, 4.69) is 18.3 Å². The first-order valence-electron chi connectivity index (χ1n) is 14.2. The summed E-state index contributed by atoms with van der Waals surface area (Å²) in [4.78, 5) is 28.9. The molecule has 1 aliphatic rings. The average molecular weight is 597 g/mol. The number of amides is 1. The summed E-state index contributed by atoms with van der Waals surface area (Å²) in [5.74, 6) is 1.77. The SMILES string of the molecule is CCCCCCCN1C(=O)/C(=C\c2c(C)c(C#N)c(=O)n(CCC)c2NCCc2ccc(OC)c(OC)c2)SC1=S. The second-order valence-corrected chi connectivity index (χ2v) is 11.6. The van der Waals surface area contributed by atoms with E-state index in [1.54, 1.807) is 36.7 Å². The van der Waals surface area contributed by atoms with Crippen molar-refractivity contribution in [2.45, 2.75) is 72.3 Å². The van der Waals surface area contributed by atoms with Crippen LogP contribution in [0.1, 0.15) is 74.6 Å². The van der Waals surface area contributed by atoms with Crippen molar-refractivity contribution in [3.63, 3.8) is 0 Å². The molecular formula is C31H40N4O4S2. The normalized spacial score (nSPS) is 14.0. The lowest BCUT2D eigenvalue weighted by atomic mass is 10.0. The van der Waals surface area contributed by atoms with E-state index in [4.69, 9.17) is 21.7 Å². The number of thiocarbonyl (C=S) groups is 1. The van der Waals surface area contributed by atoms with Gasteiger partial charge >= 0.3 is 0 Å². The predicted molar refractivity (Wildman–Crippen MR) is 171 cm³/mol. The number of benzene rings is 1. The zero-order valence-electron chi connectivity index (χ0n) is 24.7. The number of thioether (sulfide) groups is 1. The summed E-state index contributed by atoms with van der Waals surface area (Å²) in [6.07, 6.45) is 8.61. The van der Waals surface area contributed by atoms with Gasteiger partial charge in [0.1, 0.15) is 21.8 Å². The van der Waals surface area contributed by atoms with Crippen molar-refractivity contribution in [2.75, 3.05) is 32.6 Å². The van der Waals surface area contributed by atoms with E-state index in [9.17, 15) is 14.9 Å². The zero-order chi connectivity index (χ0) is 29.9. The Labute approximate surface area is 252 Å². The number of hydrogen-bond acceptors (Lipinski definition) is 8. The highest BCUT2D eigenvalue weighted by molar-refractivity contribution is 8.26. The van der Waals surface area contributed by atoms with Gasteiger partial charge in [0.2, 0.25) is 0 Å². The third-order valence-corrected chi connectivity index (χ3v) is 8.49. The summed E-state index contributed by atoms with van der Waals surface area (Å²) in [7, 11) is 3.20. The van der Waals surface area contributed by atoms with Gasteiger partial charge < -0.3 is 14.8 Å². The van der Waals surface area contributed by atoms with Crippen LogP contribution in [0.3, 0.4) is 0 Å². The van der Waals surface area contributed by atoms with Gasteiger partial charge in [-0.15, -0.1) is 0 Å². The number of ether oxygens (including phenoxy) is 2. The molecule has 1 aromatic heterocycles. The maximum absolute atomic E-state index is 13.4. The maximum atomic E-state index is 13.4. The monoisotopic (exact) mass is 596 g/mol. The first-order valence-corrected chi connectivity index (χ1v) is 15.4. The van der Waals surface area contributed by atoms with Crippen molar-refractivity contribution in [3.8, 4) is 17.6 Å². The lowest BCUT2D eigenvalue weighted by Crippen LogP contribution is -2.29. The molecule has 41 heavy (non-hydrogen) atoms. The Hall–Kier alpha value is -3.29. The van der Waals surface area contributed by atoms with Crippen LogP contribution in [0, 0.1) is 18.3 Å². The molecule has 0 spiro atoms. The number of carbonyl (C=O) groups is 1. The molecule has 2 heterocycles. The van der Waals surface area contributed by atoms with Gasteiger partial charge in [-0.2, -0.15) is 5.26 Å². The Kier molecular flexibility index (Phi) is 12.3. The van der Waals surface area contributed by atoms with Crippen LogP contribution in [-0.4, -0.2) is 47.0 Å². The number of rotatable bonds is 15. The summed E-state index contributed by atoms with van der Waals surface area (Å²) >= 11 is 6.83. The van der Waals surface area contributed by atoms with Crippen molar-refractivity contribution in [1.82, 2.24) is 9.47 Å². The number of pyridine rings is 1. The molecule has 1 aromatic carbocycles. The topological polar surface area (TPSA) is 96.6 Å². The number of carbonyl (C=O) groups excluding carboxylic acids is 1. The number of nitrogens with zero attached hydrogens (tertiary/aromatic N) is 3. The number of methoxy groups -OCH3 is 2. The fraction of sp³-hybridized carbons (Fsp3) is 0.484. The molecule has 220 valence electrons. The first kappa shape index (κ1) is 32.2. The average Bonchev–Trinajstić information content (AvgIpc) is 3.24. The molecule has 0 aliphatic carbocycles. The number of nitrogens with one attached hydrogen (secondary N) is 1. The molecule has 1 amide bonds. The number of aromatic nitrogens is 1. The molecular weight excluding hydrogens is 556 g/mol. The minimum atomic E-state index is -0.336. The maximum Gasteiger partial charge on any atom is 0.270 e. The molecule has 1 fully saturated rings. The third-order valence-electron chi connectivity index (χ3n) is 7.11. The number of anilines is 1. The van der Waals surface area contributed by atoms with Gasteiger partial charge in [-0.1, -0.05) is 69.6 Å². The molecule has 0 bridgehead atoms. The number of hydrogen-bond donors (Lipinski definition) is 1. The Morgan fingerprint density at radius 2 is 1.78 bits per heavy atom. The van der Waals surface area contributed by atoms with Crippen molar-refractivity contribution in [2.24, 2.45) is 0 Å². The minimum absolute atomic E-state index is 0.0848. The summed E-state index contributed by atoms with van der Waals surface area (Å²) in [6.45, 7) is 7.47. The smallest absolute Gasteiger partial charge is 0.270 e. The van der Waals surface area contributed by atoms with E-state index in [0.29, 0.717) is 70.1 Å².